The van der Waals surface area contributed by atoms with Gasteiger partial charge in [0, 0.05) is 22.2 Å². The summed E-state index contributed by atoms with van der Waals surface area (Å²) in [5.41, 5.74) is 0.725. The van der Waals surface area contributed by atoms with Crippen molar-refractivity contribution in [2.75, 3.05) is 25.0 Å². The molecule has 106 valence electrons. The SMILES string of the molecule is CCN(CC)CC(C)Nc1ccc(I)cc1[N+](=O)[O-]. The van der Waals surface area contributed by atoms with Gasteiger partial charge in [0.05, 0.1) is 4.92 Å². The van der Waals surface area contributed by atoms with E-state index in [1.807, 2.05) is 13.0 Å². The van der Waals surface area contributed by atoms with Crippen molar-refractivity contribution in [3.8, 4) is 0 Å². The molecule has 0 saturated heterocycles. The van der Waals surface area contributed by atoms with Gasteiger partial charge in [-0.1, -0.05) is 13.8 Å². The Hall–Kier alpha value is -0.890. The number of hydrogen-bond donors (Lipinski definition) is 1. The van der Waals surface area contributed by atoms with Gasteiger partial charge in [-0.3, -0.25) is 10.1 Å². The van der Waals surface area contributed by atoms with Crippen LogP contribution in [0.4, 0.5) is 11.4 Å². The predicted molar refractivity (Wildman–Crippen MR) is 86.7 cm³/mol. The van der Waals surface area contributed by atoms with Crippen molar-refractivity contribution in [1.29, 1.82) is 0 Å². The lowest BCUT2D eigenvalue weighted by Gasteiger charge is -2.24. The van der Waals surface area contributed by atoms with Crippen molar-refractivity contribution < 1.29 is 4.92 Å². The molecule has 0 aromatic heterocycles. The van der Waals surface area contributed by atoms with E-state index in [1.165, 1.54) is 0 Å². The number of halogens is 1. The van der Waals surface area contributed by atoms with Crippen molar-refractivity contribution in [2.24, 2.45) is 0 Å². The Morgan fingerprint density at radius 1 is 1.42 bits per heavy atom. The number of benzene rings is 1. The number of anilines is 1. The van der Waals surface area contributed by atoms with Crippen molar-refractivity contribution in [1.82, 2.24) is 4.90 Å². The molecular weight excluding hydrogens is 357 g/mol. The second kappa shape index (κ2) is 7.64. The first-order valence-electron chi connectivity index (χ1n) is 6.40. The molecule has 0 saturated carbocycles. The number of rotatable bonds is 7. The van der Waals surface area contributed by atoms with Gasteiger partial charge in [-0.05, 0) is 54.7 Å². The molecule has 1 aromatic carbocycles. The second-order valence-electron chi connectivity index (χ2n) is 4.45. The van der Waals surface area contributed by atoms with Crippen LogP contribution >= 0.6 is 22.6 Å². The van der Waals surface area contributed by atoms with Crippen LogP contribution in [-0.2, 0) is 0 Å². The average Bonchev–Trinajstić information content (AvgIpc) is 2.37. The molecule has 0 bridgehead atoms. The van der Waals surface area contributed by atoms with Gasteiger partial charge in [0.15, 0.2) is 0 Å². The van der Waals surface area contributed by atoms with Crippen LogP contribution in [0.3, 0.4) is 0 Å². The first-order valence-corrected chi connectivity index (χ1v) is 7.48. The fourth-order valence-corrected chi connectivity index (χ4v) is 2.43. The van der Waals surface area contributed by atoms with E-state index in [2.05, 4.69) is 46.7 Å². The molecule has 0 heterocycles. The number of nitrogens with zero attached hydrogens (tertiary/aromatic N) is 2. The lowest BCUT2D eigenvalue weighted by molar-refractivity contribution is -0.384. The lowest BCUT2D eigenvalue weighted by atomic mass is 10.2. The summed E-state index contributed by atoms with van der Waals surface area (Å²) in [5, 5.41) is 14.3. The quantitative estimate of drug-likeness (QED) is 0.450. The summed E-state index contributed by atoms with van der Waals surface area (Å²) in [6, 6.07) is 5.41. The Labute approximate surface area is 127 Å². The Kier molecular flexibility index (Phi) is 6.50. The van der Waals surface area contributed by atoms with E-state index in [9.17, 15) is 10.1 Å². The number of likely N-dealkylation sites (N-methyl/N-ethyl adjacent to an activating group) is 1. The highest BCUT2D eigenvalue weighted by Crippen LogP contribution is 2.26. The largest absolute Gasteiger partial charge is 0.376 e. The Bertz CT molecular complexity index is 436. The fourth-order valence-electron chi connectivity index (χ4n) is 1.96. The van der Waals surface area contributed by atoms with Gasteiger partial charge in [-0.2, -0.15) is 0 Å². The maximum Gasteiger partial charge on any atom is 0.293 e. The zero-order valence-corrected chi connectivity index (χ0v) is 13.7. The van der Waals surface area contributed by atoms with E-state index < -0.39 is 0 Å². The van der Waals surface area contributed by atoms with E-state index in [0.29, 0.717) is 5.69 Å². The zero-order chi connectivity index (χ0) is 14.4. The molecule has 1 atom stereocenters. The van der Waals surface area contributed by atoms with Crippen LogP contribution < -0.4 is 5.32 Å². The van der Waals surface area contributed by atoms with Gasteiger partial charge in [0.1, 0.15) is 5.69 Å². The summed E-state index contributed by atoms with van der Waals surface area (Å²) in [6.07, 6.45) is 0. The average molecular weight is 377 g/mol. The summed E-state index contributed by atoms with van der Waals surface area (Å²) in [5.74, 6) is 0. The van der Waals surface area contributed by atoms with E-state index in [4.69, 9.17) is 0 Å². The standard InChI is InChI=1S/C13H20IN3O2/c1-4-16(5-2)9-10(3)15-12-7-6-11(14)8-13(12)17(18)19/h6-8,10,15H,4-5,9H2,1-3H3. The number of nitrogens with one attached hydrogen (secondary N) is 1. The number of hydrogen-bond acceptors (Lipinski definition) is 4. The molecule has 0 aliphatic carbocycles. The molecule has 1 rings (SSSR count). The molecule has 0 aliphatic rings. The van der Waals surface area contributed by atoms with Crippen molar-refractivity contribution in [3.63, 3.8) is 0 Å². The van der Waals surface area contributed by atoms with Crippen molar-refractivity contribution in [2.45, 2.75) is 26.8 Å². The fraction of sp³-hybridized carbons (Fsp3) is 0.538. The maximum atomic E-state index is 11.0. The molecule has 0 radical (unpaired) electrons. The zero-order valence-electron chi connectivity index (χ0n) is 11.5. The molecule has 0 fully saturated rings. The third kappa shape index (κ3) is 4.94. The summed E-state index contributed by atoms with van der Waals surface area (Å²) in [7, 11) is 0. The summed E-state index contributed by atoms with van der Waals surface area (Å²) < 4.78 is 0.867. The number of nitro benzene ring substituents is 1. The van der Waals surface area contributed by atoms with Crippen molar-refractivity contribution in [3.05, 3.63) is 31.9 Å². The van der Waals surface area contributed by atoms with Crippen LogP contribution in [0.2, 0.25) is 0 Å². The number of nitro groups is 1. The molecule has 0 amide bonds. The van der Waals surface area contributed by atoms with Gasteiger partial charge in [0.25, 0.3) is 5.69 Å². The van der Waals surface area contributed by atoms with Gasteiger partial charge < -0.3 is 10.2 Å². The summed E-state index contributed by atoms with van der Waals surface area (Å²) in [4.78, 5) is 13.0. The van der Waals surface area contributed by atoms with Gasteiger partial charge in [0.2, 0.25) is 0 Å². The van der Waals surface area contributed by atoms with E-state index >= 15 is 0 Å². The highest BCUT2D eigenvalue weighted by Gasteiger charge is 2.16. The molecule has 1 unspecified atom stereocenters. The second-order valence-corrected chi connectivity index (χ2v) is 5.70. The highest BCUT2D eigenvalue weighted by atomic mass is 127. The van der Waals surface area contributed by atoms with Crippen LogP contribution in [-0.4, -0.2) is 35.5 Å². The first-order chi connectivity index (χ1) is 8.97. The molecule has 1 N–H and O–H groups in total. The minimum atomic E-state index is -0.339. The summed E-state index contributed by atoms with van der Waals surface area (Å²) >= 11 is 2.08. The topological polar surface area (TPSA) is 58.4 Å². The Morgan fingerprint density at radius 3 is 2.58 bits per heavy atom. The van der Waals surface area contributed by atoms with E-state index in [1.54, 1.807) is 12.1 Å². The minimum Gasteiger partial charge on any atom is -0.376 e. The Balaban J connectivity index is 2.78. The minimum absolute atomic E-state index is 0.137. The van der Waals surface area contributed by atoms with Crippen LogP contribution in [0, 0.1) is 13.7 Å². The Morgan fingerprint density at radius 2 is 2.05 bits per heavy atom. The highest BCUT2D eigenvalue weighted by molar-refractivity contribution is 14.1. The van der Waals surface area contributed by atoms with Gasteiger partial charge >= 0.3 is 0 Å². The normalized spacial score (nSPS) is 12.5. The molecule has 1 aromatic rings. The van der Waals surface area contributed by atoms with E-state index in [0.717, 1.165) is 23.2 Å². The van der Waals surface area contributed by atoms with Crippen LogP contribution in [0.1, 0.15) is 20.8 Å². The monoisotopic (exact) mass is 377 g/mol. The van der Waals surface area contributed by atoms with Crippen LogP contribution in [0.25, 0.3) is 0 Å². The van der Waals surface area contributed by atoms with E-state index in [-0.39, 0.29) is 16.7 Å². The maximum absolute atomic E-state index is 11.0. The third-order valence-electron chi connectivity index (χ3n) is 2.98. The first kappa shape index (κ1) is 16.2. The lowest BCUT2D eigenvalue weighted by Crippen LogP contribution is -2.34. The predicted octanol–water partition coefficient (Wildman–Crippen LogP) is 3.34. The molecule has 6 heteroatoms. The van der Waals surface area contributed by atoms with Crippen LogP contribution in [0.5, 0.6) is 0 Å². The third-order valence-corrected chi connectivity index (χ3v) is 3.66. The molecule has 0 spiro atoms. The van der Waals surface area contributed by atoms with Gasteiger partial charge in [-0.15, -0.1) is 0 Å². The smallest absolute Gasteiger partial charge is 0.293 e. The molecular formula is C13H20IN3O2. The van der Waals surface area contributed by atoms with Gasteiger partial charge in [-0.25, -0.2) is 0 Å². The van der Waals surface area contributed by atoms with Crippen LogP contribution in [0.15, 0.2) is 18.2 Å². The molecule has 5 nitrogen and oxygen atoms in total. The molecule has 0 aliphatic heterocycles. The van der Waals surface area contributed by atoms with Crippen molar-refractivity contribution >= 4 is 34.0 Å². The molecule has 19 heavy (non-hydrogen) atoms. The summed E-state index contributed by atoms with van der Waals surface area (Å²) in [6.45, 7) is 9.11.